The van der Waals surface area contributed by atoms with Crippen LogP contribution >= 0.6 is 0 Å². The molecule has 2 aliphatic rings. The molecule has 0 bridgehead atoms. The zero-order chi connectivity index (χ0) is 13.8. The molecule has 1 aliphatic heterocycles. The summed E-state index contributed by atoms with van der Waals surface area (Å²) in [5.74, 6) is 2.36. The standard InChI is InChI=1S/C15H30N4/c1-11(2)12(3)18-15(16-4)17-9-13-7-8-19(10-13)14-5-6-14/h11-14H,5-10H2,1-4H3,(H2,16,17,18). The van der Waals surface area contributed by atoms with Crippen molar-refractivity contribution in [2.75, 3.05) is 26.7 Å². The van der Waals surface area contributed by atoms with Gasteiger partial charge in [-0.15, -0.1) is 0 Å². The molecule has 4 nitrogen and oxygen atoms in total. The van der Waals surface area contributed by atoms with Crippen LogP contribution in [0.15, 0.2) is 4.99 Å². The molecule has 2 rings (SSSR count). The van der Waals surface area contributed by atoms with Gasteiger partial charge in [-0.05, 0) is 44.6 Å². The number of nitrogens with one attached hydrogen (secondary N) is 2. The topological polar surface area (TPSA) is 39.7 Å². The summed E-state index contributed by atoms with van der Waals surface area (Å²) in [4.78, 5) is 6.98. The minimum Gasteiger partial charge on any atom is -0.356 e. The Morgan fingerprint density at radius 1 is 1.26 bits per heavy atom. The molecule has 1 heterocycles. The molecule has 0 aromatic heterocycles. The molecule has 2 unspecified atom stereocenters. The van der Waals surface area contributed by atoms with Gasteiger partial charge in [0.2, 0.25) is 0 Å². The lowest BCUT2D eigenvalue weighted by molar-refractivity contribution is 0.314. The molecule has 1 saturated carbocycles. The van der Waals surface area contributed by atoms with E-state index in [4.69, 9.17) is 0 Å². The first-order chi connectivity index (χ1) is 9.10. The number of hydrogen-bond donors (Lipinski definition) is 2. The molecule has 0 radical (unpaired) electrons. The Morgan fingerprint density at radius 2 is 2.00 bits per heavy atom. The van der Waals surface area contributed by atoms with Crippen molar-refractivity contribution in [3.8, 4) is 0 Å². The molecular weight excluding hydrogens is 236 g/mol. The van der Waals surface area contributed by atoms with Gasteiger partial charge in [-0.3, -0.25) is 4.99 Å². The molecule has 0 spiro atoms. The normalized spacial score (nSPS) is 26.8. The Labute approximate surface area is 118 Å². The van der Waals surface area contributed by atoms with Crippen molar-refractivity contribution < 1.29 is 0 Å². The third-order valence-electron chi connectivity index (χ3n) is 4.53. The fraction of sp³-hybridized carbons (Fsp3) is 0.933. The van der Waals surface area contributed by atoms with Crippen molar-refractivity contribution in [3.05, 3.63) is 0 Å². The smallest absolute Gasteiger partial charge is 0.191 e. The molecule has 0 aromatic rings. The molecule has 2 fully saturated rings. The lowest BCUT2D eigenvalue weighted by atomic mass is 10.1. The molecule has 110 valence electrons. The first-order valence-electron chi connectivity index (χ1n) is 7.81. The predicted octanol–water partition coefficient (Wildman–Crippen LogP) is 1.68. The molecule has 1 aliphatic carbocycles. The maximum absolute atomic E-state index is 4.32. The van der Waals surface area contributed by atoms with Gasteiger partial charge in [-0.25, -0.2) is 0 Å². The third-order valence-corrected chi connectivity index (χ3v) is 4.53. The highest BCUT2D eigenvalue weighted by molar-refractivity contribution is 5.79. The number of rotatable bonds is 5. The van der Waals surface area contributed by atoms with Gasteiger partial charge in [0.25, 0.3) is 0 Å². The van der Waals surface area contributed by atoms with E-state index in [9.17, 15) is 0 Å². The van der Waals surface area contributed by atoms with Crippen LogP contribution in [-0.4, -0.2) is 49.6 Å². The Balaban J connectivity index is 1.68. The maximum Gasteiger partial charge on any atom is 0.191 e. The second-order valence-electron chi connectivity index (χ2n) is 6.51. The van der Waals surface area contributed by atoms with E-state index in [0.29, 0.717) is 12.0 Å². The van der Waals surface area contributed by atoms with Gasteiger partial charge in [0.05, 0.1) is 0 Å². The first-order valence-corrected chi connectivity index (χ1v) is 7.81. The van der Waals surface area contributed by atoms with Crippen LogP contribution in [-0.2, 0) is 0 Å². The van der Waals surface area contributed by atoms with Crippen LogP contribution in [0.3, 0.4) is 0 Å². The zero-order valence-corrected chi connectivity index (χ0v) is 12.9. The monoisotopic (exact) mass is 266 g/mol. The molecule has 0 aromatic carbocycles. The van der Waals surface area contributed by atoms with E-state index >= 15 is 0 Å². The van der Waals surface area contributed by atoms with Crippen LogP contribution < -0.4 is 10.6 Å². The molecule has 2 atom stereocenters. The Hall–Kier alpha value is -0.770. The first kappa shape index (κ1) is 14.6. The Bertz CT molecular complexity index is 309. The largest absolute Gasteiger partial charge is 0.356 e. The molecule has 0 amide bonds. The van der Waals surface area contributed by atoms with Gasteiger partial charge in [-0.2, -0.15) is 0 Å². The van der Waals surface area contributed by atoms with E-state index in [1.165, 1.54) is 32.4 Å². The summed E-state index contributed by atoms with van der Waals surface area (Å²) in [6.07, 6.45) is 4.19. The quantitative estimate of drug-likeness (QED) is 0.587. The fourth-order valence-corrected chi connectivity index (χ4v) is 2.62. The van der Waals surface area contributed by atoms with Crippen molar-refractivity contribution in [1.82, 2.24) is 15.5 Å². The van der Waals surface area contributed by atoms with Crippen LogP contribution in [0.4, 0.5) is 0 Å². The second-order valence-corrected chi connectivity index (χ2v) is 6.51. The third kappa shape index (κ3) is 4.37. The summed E-state index contributed by atoms with van der Waals surface area (Å²) >= 11 is 0. The summed E-state index contributed by atoms with van der Waals surface area (Å²) in [5, 5.41) is 6.95. The number of likely N-dealkylation sites (tertiary alicyclic amines) is 1. The number of guanidine groups is 1. The van der Waals surface area contributed by atoms with Crippen molar-refractivity contribution in [2.24, 2.45) is 16.8 Å². The van der Waals surface area contributed by atoms with E-state index in [2.05, 4.69) is 41.3 Å². The highest BCUT2D eigenvalue weighted by atomic mass is 15.2. The molecule has 2 N–H and O–H groups in total. The van der Waals surface area contributed by atoms with Gasteiger partial charge in [-0.1, -0.05) is 13.8 Å². The van der Waals surface area contributed by atoms with E-state index in [0.717, 1.165) is 24.5 Å². The van der Waals surface area contributed by atoms with Crippen LogP contribution in [0.1, 0.15) is 40.0 Å². The van der Waals surface area contributed by atoms with E-state index in [-0.39, 0.29) is 0 Å². The summed E-state index contributed by atoms with van der Waals surface area (Å²) in [7, 11) is 1.85. The van der Waals surface area contributed by atoms with E-state index in [1.54, 1.807) is 0 Å². The molecule has 19 heavy (non-hydrogen) atoms. The minimum absolute atomic E-state index is 0.456. The van der Waals surface area contributed by atoms with Crippen molar-refractivity contribution in [3.63, 3.8) is 0 Å². The molecule has 1 saturated heterocycles. The van der Waals surface area contributed by atoms with Crippen LogP contribution in [0.2, 0.25) is 0 Å². The summed E-state index contributed by atoms with van der Waals surface area (Å²) in [5.41, 5.74) is 0. The van der Waals surface area contributed by atoms with Gasteiger partial charge in [0, 0.05) is 32.2 Å². The minimum atomic E-state index is 0.456. The fourth-order valence-electron chi connectivity index (χ4n) is 2.62. The number of hydrogen-bond acceptors (Lipinski definition) is 2. The molecular formula is C15H30N4. The molecule has 4 heteroatoms. The Morgan fingerprint density at radius 3 is 2.58 bits per heavy atom. The maximum atomic E-state index is 4.32. The van der Waals surface area contributed by atoms with Gasteiger partial charge >= 0.3 is 0 Å². The average molecular weight is 266 g/mol. The van der Waals surface area contributed by atoms with Crippen LogP contribution in [0.5, 0.6) is 0 Å². The number of nitrogens with zero attached hydrogens (tertiary/aromatic N) is 2. The lowest BCUT2D eigenvalue weighted by Crippen LogP contribution is -2.45. The van der Waals surface area contributed by atoms with E-state index in [1.807, 2.05) is 7.05 Å². The summed E-state index contributed by atoms with van der Waals surface area (Å²) in [6, 6.07) is 1.38. The second kappa shape index (κ2) is 6.60. The van der Waals surface area contributed by atoms with Gasteiger partial charge in [0.1, 0.15) is 0 Å². The average Bonchev–Trinajstić information content (AvgIpc) is 3.13. The summed E-state index contributed by atoms with van der Waals surface area (Å²) in [6.45, 7) is 10.3. The predicted molar refractivity (Wildman–Crippen MR) is 81.5 cm³/mol. The van der Waals surface area contributed by atoms with E-state index < -0.39 is 0 Å². The van der Waals surface area contributed by atoms with Gasteiger partial charge < -0.3 is 15.5 Å². The van der Waals surface area contributed by atoms with Gasteiger partial charge in [0.15, 0.2) is 5.96 Å². The summed E-state index contributed by atoms with van der Waals surface area (Å²) < 4.78 is 0. The zero-order valence-electron chi connectivity index (χ0n) is 12.9. The highest BCUT2D eigenvalue weighted by Crippen LogP contribution is 2.31. The van der Waals surface area contributed by atoms with Crippen molar-refractivity contribution in [2.45, 2.75) is 52.1 Å². The Kier molecular flexibility index (Phi) is 5.08. The van der Waals surface area contributed by atoms with Crippen molar-refractivity contribution >= 4 is 5.96 Å². The van der Waals surface area contributed by atoms with Crippen molar-refractivity contribution in [1.29, 1.82) is 0 Å². The number of aliphatic imine (C=N–C) groups is 1. The lowest BCUT2D eigenvalue weighted by Gasteiger charge is -2.22. The SMILES string of the molecule is CN=C(NCC1CCN(C2CC2)C1)NC(C)C(C)C. The highest BCUT2D eigenvalue weighted by Gasteiger charge is 2.34. The van der Waals surface area contributed by atoms with Crippen LogP contribution in [0.25, 0.3) is 0 Å². The van der Waals surface area contributed by atoms with Crippen LogP contribution in [0, 0.1) is 11.8 Å².